The fourth-order valence-electron chi connectivity index (χ4n) is 3.00. The number of piperazine rings is 1. The summed E-state index contributed by atoms with van der Waals surface area (Å²) in [5, 5.41) is 9.31. The number of rotatable bonds is 3. The zero-order valence-corrected chi connectivity index (χ0v) is 12.8. The molecule has 22 heavy (non-hydrogen) atoms. The molecule has 118 valence electrons. The lowest BCUT2D eigenvalue weighted by atomic mass is 9.84. The molecule has 1 N–H and O–H groups in total. The quantitative estimate of drug-likeness (QED) is 0.917. The van der Waals surface area contributed by atoms with Crippen LogP contribution in [0, 0.1) is 12.8 Å². The predicted molar refractivity (Wildman–Crippen MR) is 82.1 cm³/mol. The Bertz CT molecular complexity index is 590. The number of hydrogen-bond donors (Lipinski definition) is 1. The summed E-state index contributed by atoms with van der Waals surface area (Å²) >= 11 is 0. The minimum Gasteiger partial charge on any atom is -0.478 e. The van der Waals surface area contributed by atoms with Gasteiger partial charge in [-0.1, -0.05) is 6.42 Å². The van der Waals surface area contributed by atoms with Gasteiger partial charge in [0, 0.05) is 37.8 Å². The summed E-state index contributed by atoms with van der Waals surface area (Å²) in [6, 6.07) is 3.31. The number of aryl methyl sites for hydroxylation is 1. The van der Waals surface area contributed by atoms with E-state index < -0.39 is 5.97 Å². The summed E-state index contributed by atoms with van der Waals surface area (Å²) in [6.07, 6.45) is 3.19. The van der Waals surface area contributed by atoms with E-state index >= 15 is 0 Å². The van der Waals surface area contributed by atoms with Crippen molar-refractivity contribution >= 4 is 17.7 Å². The maximum Gasteiger partial charge on any atom is 0.339 e. The van der Waals surface area contributed by atoms with Gasteiger partial charge < -0.3 is 14.9 Å². The van der Waals surface area contributed by atoms with E-state index in [1.807, 2.05) is 16.7 Å². The van der Waals surface area contributed by atoms with Gasteiger partial charge in [0.1, 0.15) is 11.4 Å². The molecule has 2 heterocycles. The van der Waals surface area contributed by atoms with Gasteiger partial charge in [0.05, 0.1) is 0 Å². The van der Waals surface area contributed by atoms with Crippen LogP contribution in [0.5, 0.6) is 0 Å². The van der Waals surface area contributed by atoms with Gasteiger partial charge in [0.2, 0.25) is 5.91 Å². The average Bonchev–Trinajstić information content (AvgIpc) is 2.45. The van der Waals surface area contributed by atoms with Crippen LogP contribution in [0.1, 0.15) is 35.3 Å². The number of carboxylic acids is 1. The number of aromatic nitrogens is 1. The second-order valence-electron chi connectivity index (χ2n) is 6.07. The largest absolute Gasteiger partial charge is 0.478 e. The first-order valence-corrected chi connectivity index (χ1v) is 7.81. The molecule has 1 aromatic heterocycles. The summed E-state index contributed by atoms with van der Waals surface area (Å²) in [5.41, 5.74) is 1.03. The van der Waals surface area contributed by atoms with Crippen molar-refractivity contribution in [3.8, 4) is 0 Å². The van der Waals surface area contributed by atoms with Crippen LogP contribution in [0.3, 0.4) is 0 Å². The van der Waals surface area contributed by atoms with Crippen molar-refractivity contribution in [1.29, 1.82) is 0 Å². The fraction of sp³-hybridized carbons (Fsp3) is 0.562. The fourth-order valence-corrected chi connectivity index (χ4v) is 3.00. The highest BCUT2D eigenvalue weighted by molar-refractivity contribution is 5.93. The Labute approximate surface area is 129 Å². The van der Waals surface area contributed by atoms with Gasteiger partial charge in [-0.2, -0.15) is 0 Å². The lowest BCUT2D eigenvalue weighted by Crippen LogP contribution is -2.51. The number of pyridine rings is 1. The summed E-state index contributed by atoms with van der Waals surface area (Å²) in [5.74, 6) is 0.0403. The molecule has 3 rings (SSSR count). The molecular formula is C16H21N3O3. The molecule has 6 heteroatoms. The molecule has 1 saturated carbocycles. The first kappa shape index (κ1) is 14.8. The molecular weight excluding hydrogens is 282 g/mol. The van der Waals surface area contributed by atoms with Gasteiger partial charge in [0.25, 0.3) is 0 Å². The summed E-state index contributed by atoms with van der Waals surface area (Å²) < 4.78 is 0. The number of hydrogen-bond acceptors (Lipinski definition) is 4. The molecule has 0 atom stereocenters. The van der Waals surface area contributed by atoms with Gasteiger partial charge in [-0.3, -0.25) is 4.79 Å². The normalized spacial score (nSPS) is 19.0. The molecule has 0 bridgehead atoms. The maximum absolute atomic E-state index is 12.3. The highest BCUT2D eigenvalue weighted by Gasteiger charge is 2.32. The lowest BCUT2D eigenvalue weighted by Gasteiger charge is -2.39. The van der Waals surface area contributed by atoms with Crippen LogP contribution >= 0.6 is 0 Å². The van der Waals surface area contributed by atoms with Crippen LogP contribution in [0.4, 0.5) is 5.82 Å². The zero-order chi connectivity index (χ0) is 15.7. The van der Waals surface area contributed by atoms with E-state index in [0.29, 0.717) is 32.0 Å². The summed E-state index contributed by atoms with van der Waals surface area (Å²) in [4.78, 5) is 31.9. The highest BCUT2D eigenvalue weighted by atomic mass is 16.4. The van der Waals surface area contributed by atoms with Crippen molar-refractivity contribution in [3.05, 3.63) is 23.4 Å². The Hall–Kier alpha value is -2.11. The number of carboxylic acid groups (broad SMARTS) is 1. The number of carbonyl (C=O) groups is 2. The molecule has 1 aliphatic heterocycles. The molecule has 0 unspecified atom stereocenters. The Morgan fingerprint density at radius 2 is 1.86 bits per heavy atom. The van der Waals surface area contributed by atoms with Crippen molar-refractivity contribution in [1.82, 2.24) is 9.88 Å². The summed E-state index contributed by atoms with van der Waals surface area (Å²) in [6.45, 7) is 4.41. The molecule has 0 radical (unpaired) electrons. The van der Waals surface area contributed by atoms with E-state index in [1.165, 1.54) is 0 Å². The Morgan fingerprint density at radius 1 is 1.18 bits per heavy atom. The first-order chi connectivity index (χ1) is 10.6. The van der Waals surface area contributed by atoms with E-state index in [-0.39, 0.29) is 17.4 Å². The van der Waals surface area contributed by atoms with Gasteiger partial charge in [-0.15, -0.1) is 0 Å². The Kier molecular flexibility index (Phi) is 4.00. The molecule has 2 aliphatic rings. The molecule has 0 aromatic carbocycles. The van der Waals surface area contributed by atoms with Gasteiger partial charge >= 0.3 is 5.97 Å². The van der Waals surface area contributed by atoms with Crippen LogP contribution in [-0.4, -0.2) is 53.0 Å². The first-order valence-electron chi connectivity index (χ1n) is 7.81. The van der Waals surface area contributed by atoms with Gasteiger partial charge in [0.15, 0.2) is 0 Å². The van der Waals surface area contributed by atoms with Crippen LogP contribution in [0.15, 0.2) is 12.1 Å². The van der Waals surface area contributed by atoms with Crippen molar-refractivity contribution < 1.29 is 14.7 Å². The van der Waals surface area contributed by atoms with Gasteiger partial charge in [-0.25, -0.2) is 9.78 Å². The van der Waals surface area contributed by atoms with Crippen LogP contribution < -0.4 is 4.90 Å². The minimum atomic E-state index is -0.963. The zero-order valence-electron chi connectivity index (χ0n) is 12.8. The third kappa shape index (κ3) is 2.77. The van der Waals surface area contributed by atoms with Crippen molar-refractivity contribution in [2.24, 2.45) is 5.92 Å². The second kappa shape index (κ2) is 5.94. The molecule has 1 aromatic rings. The van der Waals surface area contributed by atoms with Crippen LogP contribution in [0.2, 0.25) is 0 Å². The second-order valence-corrected chi connectivity index (χ2v) is 6.07. The number of amides is 1. The van der Waals surface area contributed by atoms with Crippen molar-refractivity contribution in [2.75, 3.05) is 31.1 Å². The molecule has 1 saturated heterocycles. The topological polar surface area (TPSA) is 73.7 Å². The molecule has 1 aliphatic carbocycles. The Morgan fingerprint density at radius 3 is 2.41 bits per heavy atom. The maximum atomic E-state index is 12.3. The van der Waals surface area contributed by atoms with Gasteiger partial charge in [-0.05, 0) is 31.9 Å². The number of aromatic carboxylic acids is 1. The van der Waals surface area contributed by atoms with E-state index in [1.54, 1.807) is 12.1 Å². The molecule has 0 spiro atoms. The standard InChI is InChI=1S/C16H21N3O3/c1-11-5-6-13(16(21)22)14(17-11)18-7-9-19(10-8-18)15(20)12-3-2-4-12/h5-6,12H,2-4,7-10H2,1H3,(H,21,22). The lowest BCUT2D eigenvalue weighted by molar-refractivity contribution is -0.138. The van der Waals surface area contributed by atoms with Crippen LogP contribution in [0.25, 0.3) is 0 Å². The van der Waals surface area contributed by atoms with E-state index in [9.17, 15) is 14.7 Å². The third-order valence-corrected chi connectivity index (χ3v) is 4.59. The minimum absolute atomic E-state index is 0.221. The molecule has 2 fully saturated rings. The van der Waals surface area contributed by atoms with E-state index in [2.05, 4.69) is 4.98 Å². The number of carbonyl (C=O) groups excluding carboxylic acids is 1. The SMILES string of the molecule is Cc1ccc(C(=O)O)c(N2CCN(C(=O)C3CCC3)CC2)n1. The van der Waals surface area contributed by atoms with Crippen molar-refractivity contribution in [2.45, 2.75) is 26.2 Å². The summed E-state index contributed by atoms with van der Waals surface area (Å²) in [7, 11) is 0. The number of anilines is 1. The van der Waals surface area contributed by atoms with Crippen molar-refractivity contribution in [3.63, 3.8) is 0 Å². The smallest absolute Gasteiger partial charge is 0.339 e. The average molecular weight is 303 g/mol. The molecule has 1 amide bonds. The predicted octanol–water partition coefficient (Wildman–Crippen LogP) is 1.54. The molecule has 6 nitrogen and oxygen atoms in total. The Balaban J connectivity index is 1.69. The monoisotopic (exact) mass is 303 g/mol. The third-order valence-electron chi connectivity index (χ3n) is 4.59. The highest BCUT2D eigenvalue weighted by Crippen LogP contribution is 2.29. The number of nitrogens with zero attached hydrogens (tertiary/aromatic N) is 3. The van der Waals surface area contributed by atoms with Crippen LogP contribution in [-0.2, 0) is 4.79 Å². The van der Waals surface area contributed by atoms with E-state index in [4.69, 9.17) is 0 Å². The van der Waals surface area contributed by atoms with E-state index in [0.717, 1.165) is 25.0 Å².